The highest BCUT2D eigenvalue weighted by Crippen LogP contribution is 2.29. The molecule has 0 saturated heterocycles. The van der Waals surface area contributed by atoms with Crippen LogP contribution in [-0.2, 0) is 4.79 Å². The van der Waals surface area contributed by atoms with Gasteiger partial charge in [0.05, 0.1) is 17.6 Å². The molecule has 1 aromatic carbocycles. The first kappa shape index (κ1) is 14.9. The minimum absolute atomic E-state index is 0.138. The number of anilines is 1. The van der Waals surface area contributed by atoms with Gasteiger partial charge in [-0.3, -0.25) is 14.9 Å². The average molecular weight is 267 g/mol. The van der Waals surface area contributed by atoms with E-state index in [0.29, 0.717) is 12.4 Å². The van der Waals surface area contributed by atoms with Crippen molar-refractivity contribution in [3.63, 3.8) is 0 Å². The summed E-state index contributed by atoms with van der Waals surface area (Å²) in [4.78, 5) is 22.1. The van der Waals surface area contributed by atoms with Crippen LogP contribution in [0.2, 0.25) is 0 Å². The molecule has 0 fully saturated rings. The fraction of sp³-hybridized carbons (Fsp3) is 0.417. The SMILES string of the molecule is CCOc1ccc(NC(=O)C(C)CN)c([N+](=O)[O-])c1. The Bertz CT molecular complexity index is 476. The lowest BCUT2D eigenvalue weighted by atomic mass is 10.1. The topological polar surface area (TPSA) is 107 Å². The van der Waals surface area contributed by atoms with Crippen LogP contribution in [0.25, 0.3) is 0 Å². The number of carbonyl (C=O) groups is 1. The third kappa shape index (κ3) is 3.92. The van der Waals surface area contributed by atoms with Gasteiger partial charge in [-0.2, -0.15) is 0 Å². The Balaban J connectivity index is 3.00. The number of ether oxygens (including phenoxy) is 1. The van der Waals surface area contributed by atoms with E-state index in [4.69, 9.17) is 10.5 Å². The van der Waals surface area contributed by atoms with Crippen LogP contribution in [0.15, 0.2) is 18.2 Å². The van der Waals surface area contributed by atoms with Gasteiger partial charge in [0.25, 0.3) is 5.69 Å². The summed E-state index contributed by atoms with van der Waals surface area (Å²) in [5, 5.41) is 13.5. The lowest BCUT2D eigenvalue weighted by molar-refractivity contribution is -0.384. The highest BCUT2D eigenvalue weighted by Gasteiger charge is 2.19. The zero-order chi connectivity index (χ0) is 14.4. The molecule has 1 atom stereocenters. The van der Waals surface area contributed by atoms with Gasteiger partial charge in [-0.15, -0.1) is 0 Å². The number of nitrogens with zero attached hydrogens (tertiary/aromatic N) is 1. The Kier molecular flexibility index (Phi) is 5.25. The van der Waals surface area contributed by atoms with Gasteiger partial charge in [0, 0.05) is 12.5 Å². The number of hydrogen-bond donors (Lipinski definition) is 2. The van der Waals surface area contributed by atoms with E-state index in [0.717, 1.165) is 0 Å². The van der Waals surface area contributed by atoms with E-state index >= 15 is 0 Å². The summed E-state index contributed by atoms with van der Waals surface area (Å²) in [5.41, 5.74) is 5.31. The van der Waals surface area contributed by atoms with Gasteiger partial charge in [-0.05, 0) is 19.1 Å². The van der Waals surface area contributed by atoms with Crippen LogP contribution in [0.4, 0.5) is 11.4 Å². The molecule has 0 aromatic heterocycles. The molecule has 1 rings (SSSR count). The lowest BCUT2D eigenvalue weighted by Gasteiger charge is -2.11. The molecule has 0 bridgehead atoms. The van der Waals surface area contributed by atoms with Gasteiger partial charge < -0.3 is 15.8 Å². The molecule has 1 unspecified atom stereocenters. The Morgan fingerprint density at radius 3 is 2.79 bits per heavy atom. The molecule has 1 aromatic rings. The number of rotatable bonds is 6. The highest BCUT2D eigenvalue weighted by molar-refractivity contribution is 5.94. The van der Waals surface area contributed by atoms with Crippen molar-refractivity contribution >= 4 is 17.3 Å². The predicted molar refractivity (Wildman–Crippen MR) is 71.1 cm³/mol. The van der Waals surface area contributed by atoms with Crippen LogP contribution >= 0.6 is 0 Å². The molecule has 0 saturated carbocycles. The highest BCUT2D eigenvalue weighted by atomic mass is 16.6. The number of nitrogens with two attached hydrogens (primary N) is 1. The van der Waals surface area contributed by atoms with Crippen molar-refractivity contribution in [2.24, 2.45) is 11.7 Å². The number of nitrogens with one attached hydrogen (secondary N) is 1. The van der Waals surface area contributed by atoms with Crippen molar-refractivity contribution < 1.29 is 14.5 Å². The fourth-order valence-corrected chi connectivity index (χ4v) is 1.39. The van der Waals surface area contributed by atoms with E-state index in [-0.39, 0.29) is 23.8 Å². The molecule has 7 heteroatoms. The summed E-state index contributed by atoms with van der Waals surface area (Å²) in [6.07, 6.45) is 0. The molecule has 0 aliphatic carbocycles. The van der Waals surface area contributed by atoms with Crippen LogP contribution in [0.3, 0.4) is 0 Å². The van der Waals surface area contributed by atoms with Crippen LogP contribution in [-0.4, -0.2) is 24.0 Å². The first-order valence-electron chi connectivity index (χ1n) is 5.91. The normalized spacial score (nSPS) is 11.7. The van der Waals surface area contributed by atoms with Crippen molar-refractivity contribution in [1.29, 1.82) is 0 Å². The summed E-state index contributed by atoms with van der Waals surface area (Å²) in [6, 6.07) is 4.30. The Morgan fingerprint density at radius 1 is 1.58 bits per heavy atom. The molecule has 0 aliphatic rings. The van der Waals surface area contributed by atoms with E-state index in [2.05, 4.69) is 5.32 Å². The summed E-state index contributed by atoms with van der Waals surface area (Å²) in [6.45, 7) is 4.02. The maximum Gasteiger partial charge on any atom is 0.296 e. The second kappa shape index (κ2) is 6.69. The second-order valence-electron chi connectivity index (χ2n) is 4.00. The molecule has 104 valence electrons. The van der Waals surface area contributed by atoms with Crippen LogP contribution < -0.4 is 15.8 Å². The molecule has 7 nitrogen and oxygen atoms in total. The van der Waals surface area contributed by atoms with Gasteiger partial charge >= 0.3 is 0 Å². The van der Waals surface area contributed by atoms with Gasteiger partial charge in [0.2, 0.25) is 5.91 Å². The Hall–Kier alpha value is -2.15. The number of hydrogen-bond acceptors (Lipinski definition) is 5. The molecule has 0 radical (unpaired) electrons. The molecule has 0 aliphatic heterocycles. The van der Waals surface area contributed by atoms with Crippen molar-refractivity contribution in [3.05, 3.63) is 28.3 Å². The molecular formula is C12H17N3O4. The summed E-state index contributed by atoms with van der Waals surface area (Å²) in [7, 11) is 0. The van der Waals surface area contributed by atoms with Gasteiger partial charge in [-0.25, -0.2) is 0 Å². The molecule has 1 amide bonds. The number of nitro groups is 1. The van der Waals surface area contributed by atoms with E-state index in [9.17, 15) is 14.9 Å². The zero-order valence-electron chi connectivity index (χ0n) is 10.9. The maximum absolute atomic E-state index is 11.7. The number of benzene rings is 1. The lowest BCUT2D eigenvalue weighted by Crippen LogP contribution is -2.26. The first-order chi connectivity index (χ1) is 8.99. The van der Waals surface area contributed by atoms with Crippen LogP contribution in [0.1, 0.15) is 13.8 Å². The predicted octanol–water partition coefficient (Wildman–Crippen LogP) is 1.53. The first-order valence-corrected chi connectivity index (χ1v) is 5.91. The fourth-order valence-electron chi connectivity index (χ4n) is 1.39. The minimum Gasteiger partial charge on any atom is -0.494 e. The van der Waals surface area contributed by atoms with Gasteiger partial charge in [0.15, 0.2) is 0 Å². The Labute approximate surface area is 110 Å². The van der Waals surface area contributed by atoms with Crippen molar-refractivity contribution in [2.75, 3.05) is 18.5 Å². The monoisotopic (exact) mass is 267 g/mol. The van der Waals surface area contributed by atoms with E-state index in [1.807, 2.05) is 0 Å². The number of amides is 1. The van der Waals surface area contributed by atoms with Gasteiger partial charge in [0.1, 0.15) is 11.4 Å². The van der Waals surface area contributed by atoms with Crippen LogP contribution in [0, 0.1) is 16.0 Å². The average Bonchev–Trinajstić information content (AvgIpc) is 2.39. The minimum atomic E-state index is -0.564. The molecule has 3 N–H and O–H groups in total. The molecule has 0 spiro atoms. The smallest absolute Gasteiger partial charge is 0.296 e. The molecular weight excluding hydrogens is 250 g/mol. The van der Waals surface area contributed by atoms with Crippen molar-refractivity contribution in [3.8, 4) is 5.75 Å². The standard InChI is InChI=1S/C12H17N3O4/c1-3-19-9-4-5-10(11(6-9)15(17)18)14-12(16)8(2)7-13/h4-6,8H,3,7,13H2,1-2H3,(H,14,16). The summed E-state index contributed by atoms with van der Waals surface area (Å²) >= 11 is 0. The van der Waals surface area contributed by atoms with Crippen molar-refractivity contribution in [2.45, 2.75) is 13.8 Å². The summed E-state index contributed by atoms with van der Waals surface area (Å²) < 4.78 is 5.19. The largest absolute Gasteiger partial charge is 0.494 e. The second-order valence-corrected chi connectivity index (χ2v) is 4.00. The number of nitro benzene ring substituents is 1. The summed E-state index contributed by atoms with van der Waals surface area (Å²) in [5.74, 6) is -0.375. The third-order valence-corrected chi connectivity index (χ3v) is 2.54. The van der Waals surface area contributed by atoms with Crippen molar-refractivity contribution in [1.82, 2.24) is 0 Å². The molecule has 0 heterocycles. The van der Waals surface area contributed by atoms with Gasteiger partial charge in [-0.1, -0.05) is 6.92 Å². The van der Waals surface area contributed by atoms with E-state index in [1.54, 1.807) is 19.9 Å². The van der Waals surface area contributed by atoms with Crippen LogP contribution in [0.5, 0.6) is 5.75 Å². The number of carbonyl (C=O) groups excluding carboxylic acids is 1. The van der Waals surface area contributed by atoms with E-state index < -0.39 is 10.8 Å². The quantitative estimate of drug-likeness (QED) is 0.600. The van der Waals surface area contributed by atoms with E-state index in [1.165, 1.54) is 12.1 Å². The maximum atomic E-state index is 11.7. The third-order valence-electron chi connectivity index (χ3n) is 2.54. The molecule has 19 heavy (non-hydrogen) atoms. The Morgan fingerprint density at radius 2 is 2.26 bits per heavy atom. The zero-order valence-corrected chi connectivity index (χ0v) is 10.9.